The lowest BCUT2D eigenvalue weighted by molar-refractivity contribution is 0.271. The number of nitrogens with two attached hydrogens (primary N) is 2. The van der Waals surface area contributed by atoms with Crippen molar-refractivity contribution in [1.82, 2.24) is 4.57 Å². The molecule has 1 aromatic heterocycles. The Balaban J connectivity index is 0.000000145. The fraction of sp³-hybridized carbons (Fsp3) is 0.0781. The topological polar surface area (TPSA) is 90.0 Å². The zero-order valence-corrected chi connectivity index (χ0v) is 38.3. The van der Waals surface area contributed by atoms with Gasteiger partial charge in [0, 0.05) is 34.1 Å². The first-order valence-electron chi connectivity index (χ1n) is 23.7. The Bertz CT molecular complexity index is 3650. The summed E-state index contributed by atoms with van der Waals surface area (Å²) in [5.41, 5.74) is 31.8. The van der Waals surface area contributed by atoms with Crippen LogP contribution in [0.3, 0.4) is 0 Å². The van der Waals surface area contributed by atoms with Crippen LogP contribution in [0.4, 0.5) is 0 Å². The third kappa shape index (κ3) is 6.76. The molecule has 14 rings (SSSR count). The van der Waals surface area contributed by atoms with E-state index in [2.05, 4.69) is 194 Å². The van der Waals surface area contributed by atoms with Gasteiger partial charge in [-0.1, -0.05) is 188 Å². The van der Waals surface area contributed by atoms with Crippen LogP contribution in [0.2, 0.25) is 0 Å². The maximum atomic E-state index is 8.04. The lowest BCUT2D eigenvalue weighted by Gasteiger charge is -2.30. The first kappa shape index (κ1) is 41.9. The molecule has 0 radical (unpaired) electrons. The number of aryl methyl sites for hydroxylation is 1. The first-order valence-corrected chi connectivity index (χ1v) is 23.7. The predicted octanol–water partition coefficient (Wildman–Crippen LogP) is 14.0. The molecule has 0 saturated carbocycles. The highest BCUT2D eigenvalue weighted by Gasteiger charge is 2.51. The van der Waals surface area contributed by atoms with Crippen LogP contribution in [0.25, 0.3) is 55.3 Å². The lowest BCUT2D eigenvalue weighted by Crippen LogP contribution is -2.25. The smallest absolute Gasteiger partial charge is 0.128 e. The third-order valence-corrected chi connectivity index (χ3v) is 14.4. The second-order valence-electron chi connectivity index (χ2n) is 18.3. The molecular weight excluding hydrogens is 841 g/mol. The number of para-hydroxylation sites is 1. The Morgan fingerprint density at radius 1 is 0.580 bits per heavy atom. The Kier molecular flexibility index (Phi) is 10.3. The normalized spacial score (nSPS) is 15.8. The molecule has 0 bridgehead atoms. The van der Waals surface area contributed by atoms with Crippen molar-refractivity contribution in [2.45, 2.75) is 30.9 Å². The lowest BCUT2D eigenvalue weighted by atomic mass is 9.70. The molecule has 9 aromatic carbocycles. The number of nitrogen functional groups attached to an aromatic ring is 1. The van der Waals surface area contributed by atoms with Crippen LogP contribution in [-0.2, 0) is 12.0 Å². The first-order chi connectivity index (χ1) is 33.9. The standard InChI is InChI=1S/C38H25N3.C19H16O.C7H9N/c39-37(40)23-10-9-11-24(20-23)41-35-19-8-4-15-28(35)30-21-34-29(22-36(30)41)27-14-3-7-18-33(27)38(34)31-16-5-1-12-25(31)26-13-2-6-17-32(26)38;1-13-10-11-16-18(12-13)20-17-9-5-8-15(19(16)17)14-6-3-2-4-7-14;8-6-7-4-2-1-3-5-7/h1-22H,(H3,39,40);2-12,17,19H,1H3;1-5H,6,8H2. The molecule has 2 atom stereocenters. The van der Waals surface area contributed by atoms with Gasteiger partial charge in [-0.3, -0.25) is 5.41 Å². The van der Waals surface area contributed by atoms with Gasteiger partial charge in [0.05, 0.1) is 22.4 Å². The van der Waals surface area contributed by atoms with E-state index in [4.69, 9.17) is 21.6 Å². The molecule has 0 amide bonds. The minimum Gasteiger partial charge on any atom is -0.485 e. The zero-order valence-electron chi connectivity index (χ0n) is 38.3. The van der Waals surface area contributed by atoms with Crippen LogP contribution in [-0.4, -0.2) is 16.5 Å². The Morgan fingerprint density at radius 2 is 1.20 bits per heavy atom. The van der Waals surface area contributed by atoms with Crippen LogP contribution < -0.4 is 16.2 Å². The number of benzene rings is 9. The van der Waals surface area contributed by atoms with E-state index >= 15 is 0 Å². The summed E-state index contributed by atoms with van der Waals surface area (Å²) in [4.78, 5) is 0. The van der Waals surface area contributed by atoms with E-state index in [1.165, 1.54) is 83.1 Å². The number of fused-ring (bicyclic) bond motifs is 16. The van der Waals surface area contributed by atoms with E-state index in [1.54, 1.807) is 0 Å². The number of rotatable bonds is 4. The van der Waals surface area contributed by atoms with Crippen molar-refractivity contribution in [3.63, 3.8) is 0 Å². The van der Waals surface area contributed by atoms with E-state index in [9.17, 15) is 0 Å². The number of nitrogens with zero attached hydrogens (tertiary/aromatic N) is 1. The third-order valence-electron chi connectivity index (χ3n) is 14.4. The molecule has 332 valence electrons. The van der Waals surface area contributed by atoms with Crippen molar-refractivity contribution in [3.05, 3.63) is 281 Å². The number of nitrogens with one attached hydrogen (secondary N) is 1. The molecule has 1 spiro atoms. The molecule has 10 aromatic rings. The minimum absolute atomic E-state index is 0.0722. The highest BCUT2D eigenvalue weighted by molar-refractivity contribution is 6.12. The average Bonchev–Trinajstić information content (AvgIpc) is 4.12. The van der Waals surface area contributed by atoms with Gasteiger partial charge in [-0.05, 0) is 116 Å². The average molecular weight is 891 g/mol. The molecule has 1 aliphatic heterocycles. The van der Waals surface area contributed by atoms with Gasteiger partial charge in [0.25, 0.3) is 0 Å². The van der Waals surface area contributed by atoms with Gasteiger partial charge < -0.3 is 20.8 Å². The molecule has 5 nitrogen and oxygen atoms in total. The Morgan fingerprint density at radius 3 is 1.87 bits per heavy atom. The SMILES string of the molecule is Cc1ccc2c(c1)OC1C=CC=C(c3ccccc3)C21.N=C(N)c1cccc(-n2c3ccccc3c3cc4c(cc32)-c2ccccc2C42c3ccccc3-c3ccccc32)c1.NCc1ccccc1. The Hall–Kier alpha value is -8.51. The van der Waals surface area contributed by atoms with Crippen LogP contribution >= 0.6 is 0 Å². The van der Waals surface area contributed by atoms with Crippen LogP contribution in [0.5, 0.6) is 5.75 Å². The van der Waals surface area contributed by atoms with Crippen molar-refractivity contribution >= 4 is 33.2 Å². The molecular formula is C64H50N4O. The summed E-state index contributed by atoms with van der Waals surface area (Å²) in [6, 6.07) is 75.4. The number of amidine groups is 1. The van der Waals surface area contributed by atoms with Crippen molar-refractivity contribution < 1.29 is 4.74 Å². The number of hydrogen-bond acceptors (Lipinski definition) is 3. The van der Waals surface area contributed by atoms with Gasteiger partial charge in [-0.25, -0.2) is 0 Å². The summed E-state index contributed by atoms with van der Waals surface area (Å²) >= 11 is 0. The Labute approximate surface area is 402 Å². The van der Waals surface area contributed by atoms with Crippen molar-refractivity contribution in [2.75, 3.05) is 0 Å². The number of allylic oxidation sites excluding steroid dienone is 2. The molecule has 5 heteroatoms. The second kappa shape index (κ2) is 17.0. The molecule has 3 aliphatic carbocycles. The molecule has 4 aliphatic rings. The quantitative estimate of drug-likeness (QED) is 0.121. The summed E-state index contributed by atoms with van der Waals surface area (Å²) < 4.78 is 8.44. The van der Waals surface area contributed by atoms with E-state index in [0.717, 1.165) is 28.0 Å². The second-order valence-corrected chi connectivity index (χ2v) is 18.3. The minimum atomic E-state index is -0.370. The van der Waals surface area contributed by atoms with Gasteiger partial charge in [0.2, 0.25) is 0 Å². The van der Waals surface area contributed by atoms with E-state index in [0.29, 0.717) is 12.5 Å². The van der Waals surface area contributed by atoms with Crippen molar-refractivity contribution in [3.8, 4) is 33.7 Å². The van der Waals surface area contributed by atoms with Crippen LogP contribution in [0, 0.1) is 12.3 Å². The fourth-order valence-corrected chi connectivity index (χ4v) is 11.4. The molecule has 0 saturated heterocycles. The number of hydrogen-bond donors (Lipinski definition) is 3. The predicted molar refractivity (Wildman–Crippen MR) is 284 cm³/mol. The summed E-state index contributed by atoms with van der Waals surface area (Å²) in [5.74, 6) is 1.43. The zero-order chi connectivity index (χ0) is 46.6. The van der Waals surface area contributed by atoms with Crippen molar-refractivity contribution in [2.24, 2.45) is 11.5 Å². The fourth-order valence-electron chi connectivity index (χ4n) is 11.4. The molecule has 5 N–H and O–H groups in total. The summed E-state index contributed by atoms with van der Waals surface area (Å²) in [7, 11) is 0. The highest BCUT2D eigenvalue weighted by atomic mass is 16.5. The molecule has 2 unspecified atom stereocenters. The largest absolute Gasteiger partial charge is 0.485 e. The van der Waals surface area contributed by atoms with Crippen LogP contribution in [0.15, 0.2) is 231 Å². The highest BCUT2D eigenvalue weighted by Crippen LogP contribution is 2.63. The summed E-state index contributed by atoms with van der Waals surface area (Å²) in [5, 5.41) is 10.5. The monoisotopic (exact) mass is 890 g/mol. The maximum Gasteiger partial charge on any atom is 0.128 e. The summed E-state index contributed by atoms with van der Waals surface area (Å²) in [6.45, 7) is 2.75. The molecule has 69 heavy (non-hydrogen) atoms. The molecule has 2 heterocycles. The maximum absolute atomic E-state index is 8.04. The van der Waals surface area contributed by atoms with Gasteiger partial charge in [-0.15, -0.1) is 0 Å². The number of aromatic nitrogens is 1. The number of ether oxygens (including phenoxy) is 1. The summed E-state index contributed by atoms with van der Waals surface area (Å²) in [6.07, 6.45) is 6.62. The van der Waals surface area contributed by atoms with Gasteiger partial charge in [-0.2, -0.15) is 0 Å². The van der Waals surface area contributed by atoms with E-state index in [1.807, 2.05) is 48.5 Å². The van der Waals surface area contributed by atoms with Crippen LogP contribution in [0.1, 0.15) is 56.0 Å². The van der Waals surface area contributed by atoms with E-state index in [-0.39, 0.29) is 17.4 Å². The molecule has 0 fully saturated rings. The van der Waals surface area contributed by atoms with Gasteiger partial charge in [0.15, 0.2) is 0 Å². The van der Waals surface area contributed by atoms with Crippen molar-refractivity contribution in [1.29, 1.82) is 5.41 Å². The van der Waals surface area contributed by atoms with Gasteiger partial charge >= 0.3 is 0 Å². The van der Waals surface area contributed by atoms with Gasteiger partial charge in [0.1, 0.15) is 17.7 Å². The van der Waals surface area contributed by atoms with E-state index < -0.39 is 0 Å².